The second-order valence-electron chi connectivity index (χ2n) is 2.87. The van der Waals surface area contributed by atoms with Crippen LogP contribution < -0.4 is 5.32 Å². The maximum atomic E-state index is 5.79. The minimum atomic E-state index is 0.328. The first-order valence-electron chi connectivity index (χ1n) is 4.26. The van der Waals surface area contributed by atoms with E-state index in [1.54, 1.807) is 0 Å². The molecule has 1 aromatic rings. The Labute approximate surface area is 89.0 Å². The normalized spacial score (nSPS) is 12.8. The van der Waals surface area contributed by atoms with E-state index in [1.807, 2.05) is 31.3 Å². The minimum Gasteiger partial charge on any atom is -0.313 e. The first-order valence-corrected chi connectivity index (χ1v) is 5.18. The highest BCUT2D eigenvalue weighted by atomic mass is 35.5. The Morgan fingerprint density at radius 3 is 2.38 bits per heavy atom. The van der Waals surface area contributed by atoms with E-state index in [2.05, 4.69) is 5.32 Å². The summed E-state index contributed by atoms with van der Waals surface area (Å²) >= 11 is 11.5. The molecule has 0 radical (unpaired) electrons. The van der Waals surface area contributed by atoms with Gasteiger partial charge in [-0.1, -0.05) is 23.7 Å². The molecule has 0 fully saturated rings. The van der Waals surface area contributed by atoms with Crippen molar-refractivity contribution in [2.75, 3.05) is 12.9 Å². The van der Waals surface area contributed by atoms with E-state index in [4.69, 9.17) is 23.2 Å². The van der Waals surface area contributed by atoms with Crippen LogP contribution in [0.2, 0.25) is 5.02 Å². The molecule has 0 heterocycles. The van der Waals surface area contributed by atoms with Gasteiger partial charge in [0.25, 0.3) is 0 Å². The van der Waals surface area contributed by atoms with E-state index in [9.17, 15) is 0 Å². The van der Waals surface area contributed by atoms with Crippen LogP contribution in [0.25, 0.3) is 0 Å². The van der Waals surface area contributed by atoms with Gasteiger partial charge in [-0.25, -0.2) is 0 Å². The predicted molar refractivity (Wildman–Crippen MR) is 58.6 cm³/mol. The molecule has 0 aromatic heterocycles. The van der Waals surface area contributed by atoms with Gasteiger partial charge in [0.2, 0.25) is 0 Å². The second-order valence-corrected chi connectivity index (χ2v) is 3.68. The summed E-state index contributed by atoms with van der Waals surface area (Å²) in [6.07, 6.45) is 0.930. The van der Waals surface area contributed by atoms with E-state index < -0.39 is 0 Å². The van der Waals surface area contributed by atoms with Crippen molar-refractivity contribution >= 4 is 23.2 Å². The number of hydrogen-bond acceptors (Lipinski definition) is 1. The zero-order valence-electron chi connectivity index (χ0n) is 7.56. The summed E-state index contributed by atoms with van der Waals surface area (Å²) in [6, 6.07) is 8.17. The van der Waals surface area contributed by atoms with Crippen LogP contribution in [0.5, 0.6) is 0 Å². The van der Waals surface area contributed by atoms with Crippen molar-refractivity contribution in [2.24, 2.45) is 0 Å². The Morgan fingerprint density at radius 1 is 1.31 bits per heavy atom. The fourth-order valence-electron chi connectivity index (χ4n) is 1.28. The van der Waals surface area contributed by atoms with Crippen LogP contribution in [0.3, 0.4) is 0 Å². The van der Waals surface area contributed by atoms with E-state index >= 15 is 0 Å². The van der Waals surface area contributed by atoms with Crippen molar-refractivity contribution in [3.63, 3.8) is 0 Å². The summed E-state index contributed by atoms with van der Waals surface area (Å²) in [7, 11) is 1.94. The number of alkyl halides is 1. The molecule has 1 N–H and O–H groups in total. The first kappa shape index (κ1) is 10.8. The van der Waals surface area contributed by atoms with E-state index in [-0.39, 0.29) is 0 Å². The van der Waals surface area contributed by atoms with Crippen molar-refractivity contribution in [3.05, 3.63) is 34.9 Å². The lowest BCUT2D eigenvalue weighted by Crippen LogP contribution is -2.16. The van der Waals surface area contributed by atoms with E-state index in [0.29, 0.717) is 11.9 Å². The average molecular weight is 218 g/mol. The Kier molecular flexibility index (Phi) is 4.57. The van der Waals surface area contributed by atoms with Crippen LogP contribution in [-0.2, 0) is 0 Å². The predicted octanol–water partition coefficient (Wildman–Crippen LogP) is 3.23. The Bertz CT molecular complexity index is 246. The minimum absolute atomic E-state index is 0.328. The van der Waals surface area contributed by atoms with Gasteiger partial charge in [0, 0.05) is 16.9 Å². The molecule has 0 aliphatic heterocycles. The van der Waals surface area contributed by atoms with Gasteiger partial charge < -0.3 is 5.32 Å². The number of hydrogen-bond donors (Lipinski definition) is 1. The highest BCUT2D eigenvalue weighted by molar-refractivity contribution is 6.30. The standard InChI is InChI=1S/C10H13Cl2N/c1-13-10(6-7-11)8-2-4-9(12)5-3-8/h2-5,10,13H,6-7H2,1H3. The molecule has 1 nitrogen and oxygen atoms in total. The SMILES string of the molecule is CNC(CCCl)c1ccc(Cl)cc1. The van der Waals surface area contributed by atoms with Gasteiger partial charge in [-0.3, -0.25) is 0 Å². The molecule has 0 saturated heterocycles. The third kappa shape index (κ3) is 3.18. The molecule has 1 rings (SSSR count). The number of rotatable bonds is 4. The van der Waals surface area contributed by atoms with Crippen LogP contribution in [0.4, 0.5) is 0 Å². The molecular formula is C10H13Cl2N. The molecule has 3 heteroatoms. The molecule has 13 heavy (non-hydrogen) atoms. The molecule has 0 aliphatic carbocycles. The number of halogens is 2. The van der Waals surface area contributed by atoms with Crippen molar-refractivity contribution in [2.45, 2.75) is 12.5 Å². The van der Waals surface area contributed by atoms with Crippen LogP contribution in [0.15, 0.2) is 24.3 Å². The van der Waals surface area contributed by atoms with Crippen LogP contribution in [0, 0.1) is 0 Å². The van der Waals surface area contributed by atoms with Gasteiger partial charge in [-0.15, -0.1) is 11.6 Å². The number of nitrogens with one attached hydrogen (secondary N) is 1. The van der Waals surface area contributed by atoms with Crippen molar-refractivity contribution in [3.8, 4) is 0 Å². The molecule has 0 bridgehead atoms. The molecule has 72 valence electrons. The van der Waals surface area contributed by atoms with Crippen molar-refractivity contribution < 1.29 is 0 Å². The van der Waals surface area contributed by atoms with Crippen molar-refractivity contribution in [1.82, 2.24) is 5.32 Å². The van der Waals surface area contributed by atoms with Gasteiger partial charge in [-0.2, -0.15) is 0 Å². The Balaban J connectivity index is 2.73. The van der Waals surface area contributed by atoms with E-state index in [1.165, 1.54) is 5.56 Å². The molecule has 1 atom stereocenters. The second kappa shape index (κ2) is 5.48. The molecule has 0 amide bonds. The number of benzene rings is 1. The lowest BCUT2D eigenvalue weighted by molar-refractivity contribution is 0.580. The summed E-state index contributed by atoms with van der Waals surface area (Å²) in [5, 5.41) is 3.98. The summed E-state index contributed by atoms with van der Waals surface area (Å²) in [6.45, 7) is 0. The quantitative estimate of drug-likeness (QED) is 0.765. The monoisotopic (exact) mass is 217 g/mol. The maximum absolute atomic E-state index is 5.79. The zero-order valence-corrected chi connectivity index (χ0v) is 9.07. The lowest BCUT2D eigenvalue weighted by Gasteiger charge is -2.14. The summed E-state index contributed by atoms with van der Waals surface area (Å²) in [5.74, 6) is 0.661. The summed E-state index contributed by atoms with van der Waals surface area (Å²) in [5.41, 5.74) is 1.23. The Morgan fingerprint density at radius 2 is 1.92 bits per heavy atom. The molecule has 1 aromatic carbocycles. The van der Waals surface area contributed by atoms with Crippen LogP contribution >= 0.6 is 23.2 Å². The Hall–Kier alpha value is -0.240. The molecule has 0 spiro atoms. The van der Waals surface area contributed by atoms with Crippen molar-refractivity contribution in [1.29, 1.82) is 0 Å². The van der Waals surface area contributed by atoms with Gasteiger partial charge >= 0.3 is 0 Å². The third-order valence-electron chi connectivity index (χ3n) is 2.02. The fraction of sp³-hybridized carbons (Fsp3) is 0.400. The summed E-state index contributed by atoms with van der Waals surface area (Å²) in [4.78, 5) is 0. The first-order chi connectivity index (χ1) is 6.27. The average Bonchev–Trinajstić information content (AvgIpc) is 2.16. The molecular weight excluding hydrogens is 205 g/mol. The molecule has 0 aliphatic rings. The van der Waals surface area contributed by atoms with Gasteiger partial charge in [0.05, 0.1) is 0 Å². The van der Waals surface area contributed by atoms with E-state index in [0.717, 1.165) is 11.4 Å². The lowest BCUT2D eigenvalue weighted by atomic mass is 10.1. The molecule has 0 saturated carbocycles. The highest BCUT2D eigenvalue weighted by Gasteiger charge is 2.07. The maximum Gasteiger partial charge on any atom is 0.0406 e. The smallest absolute Gasteiger partial charge is 0.0406 e. The topological polar surface area (TPSA) is 12.0 Å². The molecule has 1 unspecified atom stereocenters. The van der Waals surface area contributed by atoms with Gasteiger partial charge in [0.1, 0.15) is 0 Å². The van der Waals surface area contributed by atoms with Crippen LogP contribution in [0.1, 0.15) is 18.0 Å². The third-order valence-corrected chi connectivity index (χ3v) is 2.49. The largest absolute Gasteiger partial charge is 0.313 e. The highest BCUT2D eigenvalue weighted by Crippen LogP contribution is 2.19. The fourth-order valence-corrected chi connectivity index (χ4v) is 1.63. The van der Waals surface area contributed by atoms with Gasteiger partial charge in [-0.05, 0) is 31.2 Å². The summed E-state index contributed by atoms with van der Waals surface area (Å²) < 4.78 is 0. The van der Waals surface area contributed by atoms with Crippen LogP contribution in [-0.4, -0.2) is 12.9 Å². The van der Waals surface area contributed by atoms with Gasteiger partial charge in [0.15, 0.2) is 0 Å². The zero-order chi connectivity index (χ0) is 9.68.